The van der Waals surface area contributed by atoms with Crippen molar-refractivity contribution in [2.45, 2.75) is 134 Å². The molecule has 3 aliphatic rings. The average Bonchev–Trinajstić information content (AvgIpc) is 3.84. The zero-order valence-corrected chi connectivity index (χ0v) is 40.6. The van der Waals surface area contributed by atoms with E-state index in [4.69, 9.17) is 0 Å². The van der Waals surface area contributed by atoms with E-state index in [0.29, 0.717) is 24.0 Å². The van der Waals surface area contributed by atoms with Crippen molar-refractivity contribution in [3.8, 4) is 0 Å². The Morgan fingerprint density at radius 2 is 1.23 bits per heavy atom. The number of aliphatic hydroxyl groups is 1. The molecule has 2 aromatic rings. The monoisotopic (exact) mass is 987 g/mol. The Hall–Kier alpha value is -6.94. The van der Waals surface area contributed by atoms with Gasteiger partial charge in [-0.1, -0.05) is 74.5 Å². The lowest BCUT2D eigenvalue weighted by Gasteiger charge is -2.33. The summed E-state index contributed by atoms with van der Waals surface area (Å²) in [4.78, 5) is 139. The summed E-state index contributed by atoms with van der Waals surface area (Å²) in [6.07, 6.45) is 0.154. The molecule has 10 amide bonds. The van der Waals surface area contributed by atoms with Crippen molar-refractivity contribution in [2.24, 2.45) is 5.92 Å². The molecule has 3 heterocycles. The number of carbonyl (C=O) groups is 10. The standard InChI is InChI=1S/C49H68N11O11/c1-28(2)41-48(70)58-36(25-32-16-9-6-10-17-32)49(71)60-23-13-19-37(60)47(69)56-34-20-21-38(61)53-30(4)43(65)57-35(24-31-14-7-5-8-15-31)44(66)52-27-40(63)55-33(46(68)59-41)18-11-12-22-50-39(62)26-51-42(64)29(3)54-45(34)67/h5-10,13-17,28-30,33-37,40-41,55,63H,11-12,18-27H2,1-4H3,(H,50,62)(H,51,64)(H,52,66)(H,53,61)(H,54,67)(H,56,69)(H,57,65)(H,58,70)(H,59,68)/q-1/t29-,30-,33+,34-,35-,36-,37-,40?,41-/m0/s1. The molecule has 3 saturated heterocycles. The molecule has 0 saturated carbocycles. The fourth-order valence-corrected chi connectivity index (χ4v) is 8.33. The van der Waals surface area contributed by atoms with Gasteiger partial charge >= 0.3 is 0 Å². The van der Waals surface area contributed by atoms with Crippen LogP contribution < -0.4 is 53.2 Å². The first-order valence-corrected chi connectivity index (χ1v) is 24.2. The van der Waals surface area contributed by atoms with Crippen LogP contribution in [0.25, 0.3) is 0 Å². The molecule has 9 atom stereocenters. The van der Waals surface area contributed by atoms with Crippen LogP contribution in [0.5, 0.6) is 0 Å². The summed E-state index contributed by atoms with van der Waals surface area (Å²) in [7, 11) is 0. The highest BCUT2D eigenvalue weighted by Gasteiger charge is 2.38. The normalized spacial score (nSPS) is 28.2. The number of carbonyl (C=O) groups excluding carboxylic acids is 10. The van der Waals surface area contributed by atoms with Gasteiger partial charge in [0.15, 0.2) is 0 Å². The number of hydrogen-bond acceptors (Lipinski definition) is 12. The quantitative estimate of drug-likeness (QED) is 0.139. The number of hydrogen-bond donors (Lipinski definition) is 11. The van der Waals surface area contributed by atoms with Gasteiger partial charge < -0.3 is 64.3 Å². The number of aliphatic hydroxyl groups excluding tert-OH is 1. The molecule has 3 aliphatic heterocycles. The molecule has 22 heteroatoms. The number of rotatable bonds is 5. The second-order valence-corrected chi connectivity index (χ2v) is 18.4. The Balaban J connectivity index is 1.56. The van der Waals surface area contributed by atoms with Gasteiger partial charge in [0.2, 0.25) is 59.1 Å². The van der Waals surface area contributed by atoms with Gasteiger partial charge in [0.05, 0.1) is 25.2 Å². The molecule has 0 radical (unpaired) electrons. The topological polar surface area (TPSA) is 314 Å². The van der Waals surface area contributed by atoms with Crippen LogP contribution in [0.4, 0.5) is 0 Å². The van der Waals surface area contributed by atoms with E-state index in [0.717, 1.165) is 0 Å². The van der Waals surface area contributed by atoms with E-state index >= 15 is 0 Å². The van der Waals surface area contributed by atoms with Crippen molar-refractivity contribution in [1.29, 1.82) is 0 Å². The van der Waals surface area contributed by atoms with E-state index in [1.807, 2.05) is 0 Å². The minimum Gasteiger partial charge on any atom is -0.377 e. The van der Waals surface area contributed by atoms with Gasteiger partial charge in [-0.3, -0.25) is 53.3 Å². The first-order chi connectivity index (χ1) is 33.9. The number of fused-ring (bicyclic) bond motifs is 9. The summed E-state index contributed by atoms with van der Waals surface area (Å²) in [5.41, 5.74) is 1.36. The van der Waals surface area contributed by atoms with Crippen LogP contribution in [0.3, 0.4) is 0 Å². The number of nitrogens with one attached hydrogen (secondary N) is 10. The van der Waals surface area contributed by atoms with Crippen LogP contribution in [-0.4, -0.2) is 150 Å². The molecule has 0 aromatic heterocycles. The van der Waals surface area contributed by atoms with Gasteiger partial charge in [-0.05, 0) is 56.6 Å². The fraction of sp³-hybridized carbons (Fsp3) is 0.531. The molecule has 1 unspecified atom stereocenters. The second kappa shape index (κ2) is 26.9. The van der Waals surface area contributed by atoms with Gasteiger partial charge in [0, 0.05) is 25.8 Å². The lowest BCUT2D eigenvalue weighted by Crippen LogP contribution is -2.61. The van der Waals surface area contributed by atoms with Crippen LogP contribution in [-0.2, 0) is 60.8 Å². The van der Waals surface area contributed by atoms with E-state index in [1.165, 1.54) is 18.7 Å². The molecule has 22 nitrogen and oxygen atoms in total. The third-order valence-electron chi connectivity index (χ3n) is 12.4. The van der Waals surface area contributed by atoms with Gasteiger partial charge in [-0.15, -0.1) is 13.0 Å². The van der Waals surface area contributed by atoms with E-state index in [9.17, 15) is 53.1 Å². The first-order valence-electron chi connectivity index (χ1n) is 24.2. The lowest BCUT2D eigenvalue weighted by molar-refractivity contribution is -0.142. The summed E-state index contributed by atoms with van der Waals surface area (Å²) >= 11 is 0. The second-order valence-electron chi connectivity index (χ2n) is 18.4. The molecule has 2 aromatic carbocycles. The molecular formula is C49H68N11O11-. The summed E-state index contributed by atoms with van der Waals surface area (Å²) in [6, 6.07) is 7.71. The van der Waals surface area contributed by atoms with Crippen LogP contribution in [0.2, 0.25) is 0 Å². The molecular weight excluding hydrogens is 919 g/mol. The van der Waals surface area contributed by atoms with Crippen molar-refractivity contribution in [3.05, 3.63) is 78.2 Å². The predicted molar refractivity (Wildman–Crippen MR) is 258 cm³/mol. The minimum atomic E-state index is -1.54. The zero-order valence-electron chi connectivity index (χ0n) is 40.6. The molecule has 386 valence electrons. The molecule has 11 N–H and O–H groups in total. The molecule has 5 rings (SSSR count). The van der Waals surface area contributed by atoms with E-state index in [2.05, 4.69) is 53.2 Å². The summed E-state index contributed by atoms with van der Waals surface area (Å²) in [5, 5.41) is 37.9. The van der Waals surface area contributed by atoms with E-state index < -0.39 is 139 Å². The number of β-amino-alcohol motifs (C(OH)–C–C–N with tert-alkyl or cyclic N) is 1. The van der Waals surface area contributed by atoms with Crippen molar-refractivity contribution < 1.29 is 53.1 Å². The van der Waals surface area contributed by atoms with Crippen molar-refractivity contribution in [3.63, 3.8) is 0 Å². The highest BCUT2D eigenvalue weighted by molar-refractivity contribution is 5.98. The highest BCUT2D eigenvalue weighted by atomic mass is 16.3. The first kappa shape index (κ1) is 55.0. The maximum absolute atomic E-state index is 14.6. The largest absolute Gasteiger partial charge is 0.377 e. The third kappa shape index (κ3) is 16.9. The number of nitrogens with zero attached hydrogens (tertiary/aromatic N) is 1. The average molecular weight is 987 g/mol. The Labute approximate surface area is 413 Å². The van der Waals surface area contributed by atoms with Crippen LogP contribution in [0.1, 0.15) is 77.3 Å². The molecule has 71 heavy (non-hydrogen) atoms. The summed E-state index contributed by atoms with van der Waals surface area (Å²) in [5.74, 6) is -7.64. The maximum atomic E-state index is 14.6. The van der Waals surface area contributed by atoms with Crippen molar-refractivity contribution in [2.75, 3.05) is 26.2 Å². The van der Waals surface area contributed by atoms with Gasteiger partial charge in [-0.25, -0.2) is 0 Å². The SMILES string of the molecule is CC(C)[C@@H]1NC(=O)[C@H]2CCCCNC(=O)CNC(=O)[C@H](C)NC(=O)[C@H](CCC(=O)N[C@@H](C)C(=O)N[C@@H](Cc3ccccc3)C(=O)NCC(O)N2)NC(=O)[C@@H]2C[CH-]CN2C(=O)[C@H](Cc2ccccc2)NC1=O. The van der Waals surface area contributed by atoms with Gasteiger partial charge in [0.1, 0.15) is 42.5 Å². The maximum Gasteiger partial charge on any atom is 0.243 e. The van der Waals surface area contributed by atoms with E-state index in [1.54, 1.807) is 80.9 Å². The van der Waals surface area contributed by atoms with Crippen LogP contribution in [0.15, 0.2) is 60.7 Å². The van der Waals surface area contributed by atoms with E-state index in [-0.39, 0.29) is 45.2 Å². The Morgan fingerprint density at radius 1 is 0.606 bits per heavy atom. The zero-order chi connectivity index (χ0) is 51.6. The van der Waals surface area contributed by atoms with Gasteiger partial charge in [-0.2, -0.15) is 0 Å². The fourth-order valence-electron chi connectivity index (χ4n) is 8.33. The predicted octanol–water partition coefficient (Wildman–Crippen LogP) is -2.52. The Bertz CT molecular complexity index is 2220. The van der Waals surface area contributed by atoms with Crippen LogP contribution in [0, 0.1) is 12.3 Å². The smallest absolute Gasteiger partial charge is 0.243 e. The van der Waals surface area contributed by atoms with Crippen molar-refractivity contribution in [1.82, 2.24) is 58.1 Å². The lowest BCUT2D eigenvalue weighted by atomic mass is 9.99. The van der Waals surface area contributed by atoms with Gasteiger partial charge in [0.25, 0.3) is 0 Å². The molecule has 0 aliphatic carbocycles. The molecule has 2 bridgehead atoms. The Kier molecular flexibility index (Phi) is 20.8. The Morgan fingerprint density at radius 3 is 1.89 bits per heavy atom. The summed E-state index contributed by atoms with van der Waals surface area (Å²) < 4.78 is 0. The molecule has 0 spiro atoms. The van der Waals surface area contributed by atoms with Crippen LogP contribution >= 0.6 is 0 Å². The number of benzene rings is 2. The minimum absolute atomic E-state index is 0.00358. The number of amides is 10. The molecule has 3 fully saturated rings. The third-order valence-corrected chi connectivity index (χ3v) is 12.4. The van der Waals surface area contributed by atoms with Crippen molar-refractivity contribution >= 4 is 59.1 Å². The highest BCUT2D eigenvalue weighted by Crippen LogP contribution is 2.21. The summed E-state index contributed by atoms with van der Waals surface area (Å²) in [6.45, 7) is 5.38.